The Bertz CT molecular complexity index is 727. The summed E-state index contributed by atoms with van der Waals surface area (Å²) >= 11 is 0. The van der Waals surface area contributed by atoms with Gasteiger partial charge in [0.1, 0.15) is 0 Å². The molecule has 2 aromatic rings. The molecule has 0 spiro atoms. The zero-order valence-electron chi connectivity index (χ0n) is 13.4. The van der Waals surface area contributed by atoms with Crippen molar-refractivity contribution in [3.05, 3.63) is 65.2 Å². The fourth-order valence-corrected chi connectivity index (χ4v) is 3.00. The molecule has 3 rings (SSSR count). The van der Waals surface area contributed by atoms with Gasteiger partial charge < -0.3 is 11.1 Å². The van der Waals surface area contributed by atoms with Crippen LogP contribution in [0.4, 0.5) is 11.4 Å². The summed E-state index contributed by atoms with van der Waals surface area (Å²) in [6.45, 7) is 2.08. The van der Waals surface area contributed by atoms with Gasteiger partial charge in [-0.05, 0) is 68.0 Å². The molecule has 118 valence electrons. The molecule has 0 bridgehead atoms. The third-order valence-corrected chi connectivity index (χ3v) is 4.31. The Morgan fingerprint density at radius 3 is 2.30 bits per heavy atom. The summed E-state index contributed by atoms with van der Waals surface area (Å²) in [6.07, 6.45) is 4.01. The first-order valence-electron chi connectivity index (χ1n) is 8.09. The average molecular weight is 306 g/mol. The number of amides is 1. The highest BCUT2D eigenvalue weighted by Crippen LogP contribution is 2.33. The van der Waals surface area contributed by atoms with E-state index in [1.54, 1.807) is 12.1 Å². The Labute approximate surface area is 137 Å². The molecule has 0 aliphatic heterocycles. The van der Waals surface area contributed by atoms with Gasteiger partial charge in [0.15, 0.2) is 0 Å². The molecular weight excluding hydrogens is 284 g/mol. The van der Waals surface area contributed by atoms with E-state index in [-0.39, 0.29) is 5.91 Å². The number of anilines is 2. The van der Waals surface area contributed by atoms with Crippen LogP contribution in [0.2, 0.25) is 0 Å². The van der Waals surface area contributed by atoms with Crippen molar-refractivity contribution < 1.29 is 4.79 Å². The van der Waals surface area contributed by atoms with E-state index in [9.17, 15) is 4.79 Å². The monoisotopic (exact) mass is 306 g/mol. The number of rotatable bonds is 3. The molecule has 0 radical (unpaired) electrons. The molecule has 0 unspecified atom stereocenters. The van der Waals surface area contributed by atoms with Gasteiger partial charge in [-0.1, -0.05) is 29.8 Å². The van der Waals surface area contributed by atoms with Crippen molar-refractivity contribution in [3.8, 4) is 0 Å². The first kappa shape index (κ1) is 15.3. The lowest BCUT2D eigenvalue weighted by Gasteiger charge is -2.20. The third-order valence-electron chi connectivity index (χ3n) is 4.31. The van der Waals surface area contributed by atoms with E-state index >= 15 is 0 Å². The topological polar surface area (TPSA) is 55.1 Å². The summed E-state index contributed by atoms with van der Waals surface area (Å²) < 4.78 is 0. The second-order valence-corrected chi connectivity index (χ2v) is 6.11. The number of nitrogen functional groups attached to an aromatic ring is 1. The Kier molecular flexibility index (Phi) is 4.47. The van der Waals surface area contributed by atoms with Crippen LogP contribution >= 0.6 is 0 Å². The van der Waals surface area contributed by atoms with E-state index in [1.807, 2.05) is 12.1 Å². The van der Waals surface area contributed by atoms with Crippen LogP contribution in [0.15, 0.2) is 54.1 Å². The molecule has 1 amide bonds. The Morgan fingerprint density at radius 1 is 0.957 bits per heavy atom. The van der Waals surface area contributed by atoms with Gasteiger partial charge >= 0.3 is 0 Å². The maximum absolute atomic E-state index is 12.7. The van der Waals surface area contributed by atoms with Gasteiger partial charge in [-0.15, -0.1) is 0 Å². The molecule has 0 saturated carbocycles. The van der Waals surface area contributed by atoms with E-state index < -0.39 is 0 Å². The molecule has 1 aliphatic rings. The van der Waals surface area contributed by atoms with Crippen LogP contribution in [0.25, 0.3) is 5.57 Å². The summed E-state index contributed by atoms with van der Waals surface area (Å²) in [4.78, 5) is 12.7. The van der Waals surface area contributed by atoms with Crippen LogP contribution in [-0.2, 0) is 4.79 Å². The van der Waals surface area contributed by atoms with Gasteiger partial charge in [0.05, 0.1) is 0 Å². The van der Waals surface area contributed by atoms with Gasteiger partial charge in [0.25, 0.3) is 5.91 Å². The lowest BCUT2D eigenvalue weighted by molar-refractivity contribution is -0.113. The van der Waals surface area contributed by atoms with Crippen molar-refractivity contribution in [1.82, 2.24) is 0 Å². The highest BCUT2D eigenvalue weighted by molar-refractivity contribution is 6.09. The van der Waals surface area contributed by atoms with Crippen LogP contribution in [-0.4, -0.2) is 5.91 Å². The Morgan fingerprint density at radius 2 is 1.61 bits per heavy atom. The second-order valence-electron chi connectivity index (χ2n) is 6.11. The SMILES string of the molecule is Cc1ccc(C2=C(C(=O)Nc3ccc(N)cc3)CCCC2)cc1. The maximum Gasteiger partial charge on any atom is 0.251 e. The molecule has 3 nitrogen and oxygen atoms in total. The van der Waals surface area contributed by atoms with Crippen LogP contribution in [0.3, 0.4) is 0 Å². The molecular formula is C20H22N2O. The fourth-order valence-electron chi connectivity index (χ4n) is 3.00. The van der Waals surface area contributed by atoms with E-state index in [4.69, 9.17) is 5.73 Å². The standard InChI is InChI=1S/C20H22N2O/c1-14-6-8-15(9-7-14)18-4-2-3-5-19(18)20(23)22-17-12-10-16(21)11-13-17/h6-13H,2-5,21H2,1H3,(H,22,23). The lowest BCUT2D eigenvalue weighted by atomic mass is 9.86. The maximum atomic E-state index is 12.7. The molecule has 0 atom stereocenters. The van der Waals surface area contributed by atoms with Gasteiger partial charge in [-0.3, -0.25) is 4.79 Å². The van der Waals surface area contributed by atoms with Crippen molar-refractivity contribution in [3.63, 3.8) is 0 Å². The highest BCUT2D eigenvalue weighted by Gasteiger charge is 2.20. The minimum Gasteiger partial charge on any atom is -0.399 e. The van der Waals surface area contributed by atoms with Gasteiger partial charge in [-0.25, -0.2) is 0 Å². The van der Waals surface area contributed by atoms with Gasteiger partial charge in [0.2, 0.25) is 0 Å². The number of carbonyl (C=O) groups is 1. The predicted octanol–water partition coefficient (Wildman–Crippen LogP) is 4.54. The third kappa shape index (κ3) is 3.62. The zero-order chi connectivity index (χ0) is 16.2. The number of nitrogens with one attached hydrogen (secondary N) is 1. The molecule has 23 heavy (non-hydrogen) atoms. The van der Waals surface area contributed by atoms with Crippen molar-refractivity contribution in [2.75, 3.05) is 11.1 Å². The average Bonchev–Trinajstić information content (AvgIpc) is 2.58. The summed E-state index contributed by atoms with van der Waals surface area (Å²) in [5, 5.41) is 3.00. The number of hydrogen-bond acceptors (Lipinski definition) is 2. The molecule has 3 heteroatoms. The van der Waals surface area contributed by atoms with E-state index in [2.05, 4.69) is 36.5 Å². The predicted molar refractivity (Wildman–Crippen MR) is 96.1 cm³/mol. The molecule has 3 N–H and O–H groups in total. The largest absolute Gasteiger partial charge is 0.399 e. The number of benzene rings is 2. The zero-order valence-corrected chi connectivity index (χ0v) is 13.4. The second kappa shape index (κ2) is 6.69. The molecule has 0 fully saturated rings. The van der Waals surface area contributed by atoms with Crippen molar-refractivity contribution in [1.29, 1.82) is 0 Å². The van der Waals surface area contributed by atoms with Crippen LogP contribution in [0, 0.1) is 6.92 Å². The van der Waals surface area contributed by atoms with Crippen LogP contribution in [0.5, 0.6) is 0 Å². The first-order chi connectivity index (χ1) is 11.1. The molecule has 0 aromatic heterocycles. The number of allylic oxidation sites excluding steroid dienone is 1. The minimum absolute atomic E-state index is 0.00467. The summed E-state index contributed by atoms with van der Waals surface area (Å²) in [7, 11) is 0. The van der Waals surface area contributed by atoms with E-state index in [0.29, 0.717) is 5.69 Å². The van der Waals surface area contributed by atoms with E-state index in [0.717, 1.165) is 42.5 Å². The van der Waals surface area contributed by atoms with Crippen molar-refractivity contribution >= 4 is 22.9 Å². The van der Waals surface area contributed by atoms with Gasteiger partial charge in [-0.2, -0.15) is 0 Å². The number of aryl methyl sites for hydroxylation is 1. The van der Waals surface area contributed by atoms with Crippen molar-refractivity contribution in [2.24, 2.45) is 0 Å². The quantitative estimate of drug-likeness (QED) is 0.818. The summed E-state index contributed by atoms with van der Waals surface area (Å²) in [5.41, 5.74) is 11.7. The molecule has 1 aliphatic carbocycles. The minimum atomic E-state index is 0.00467. The lowest BCUT2D eigenvalue weighted by Crippen LogP contribution is -2.18. The number of nitrogens with two attached hydrogens (primary N) is 1. The molecule has 2 aromatic carbocycles. The normalized spacial score (nSPS) is 14.7. The summed E-state index contributed by atoms with van der Waals surface area (Å²) in [5.74, 6) is 0.00467. The van der Waals surface area contributed by atoms with Crippen molar-refractivity contribution in [2.45, 2.75) is 32.6 Å². The summed E-state index contributed by atoms with van der Waals surface area (Å²) in [6, 6.07) is 15.7. The Balaban J connectivity index is 1.88. The van der Waals surface area contributed by atoms with Gasteiger partial charge in [0, 0.05) is 16.9 Å². The molecule has 0 saturated heterocycles. The number of carbonyl (C=O) groups excluding carboxylic acids is 1. The van der Waals surface area contributed by atoms with Crippen LogP contribution < -0.4 is 11.1 Å². The fraction of sp³-hybridized carbons (Fsp3) is 0.250. The van der Waals surface area contributed by atoms with Crippen LogP contribution in [0.1, 0.15) is 36.8 Å². The van der Waals surface area contributed by atoms with E-state index in [1.165, 1.54) is 11.1 Å². The number of hydrogen-bond donors (Lipinski definition) is 2. The Hall–Kier alpha value is -2.55. The molecule has 0 heterocycles. The highest BCUT2D eigenvalue weighted by atomic mass is 16.1. The smallest absolute Gasteiger partial charge is 0.251 e. The first-order valence-corrected chi connectivity index (χ1v) is 8.09.